The molecule has 0 bridgehead atoms. The molecule has 1 rings (SSSR count). The highest BCUT2D eigenvalue weighted by atomic mass is 16.4. The van der Waals surface area contributed by atoms with Gasteiger partial charge in [-0.2, -0.15) is 4.98 Å². The van der Waals surface area contributed by atoms with E-state index >= 15 is 0 Å². The van der Waals surface area contributed by atoms with Crippen LogP contribution in [-0.4, -0.2) is 16.6 Å². The molecule has 0 aliphatic heterocycles. The summed E-state index contributed by atoms with van der Waals surface area (Å²) in [6.07, 6.45) is 3.06. The van der Waals surface area contributed by atoms with E-state index in [9.17, 15) is 4.79 Å². The SMILES string of the molecule is C/C=C(/C)C(=N)Nc1nc(C(C)=O)co1. The standard InChI is InChI=1S/C10H13N3O2/c1-4-6(2)9(11)13-10-12-8(5-15-10)7(3)14/h4-5H,1-3H3,(H2,11,12,13)/b6-4-. The van der Waals surface area contributed by atoms with Gasteiger partial charge in [-0.3, -0.25) is 15.5 Å². The fourth-order valence-electron chi connectivity index (χ4n) is 0.843. The van der Waals surface area contributed by atoms with Crippen molar-refractivity contribution in [2.45, 2.75) is 20.8 Å². The predicted octanol–water partition coefficient (Wildman–Crippen LogP) is 2.23. The first-order valence-corrected chi connectivity index (χ1v) is 4.50. The van der Waals surface area contributed by atoms with Gasteiger partial charge in [0.25, 0.3) is 0 Å². The number of Topliss-reactive ketones (excluding diaryl/α,β-unsaturated/α-hetero) is 1. The number of nitrogens with one attached hydrogen (secondary N) is 2. The van der Waals surface area contributed by atoms with Crippen molar-refractivity contribution in [2.75, 3.05) is 5.32 Å². The van der Waals surface area contributed by atoms with Gasteiger partial charge in [-0.25, -0.2) is 0 Å². The number of rotatable bonds is 3. The minimum Gasteiger partial charge on any atom is -0.431 e. The number of nitrogens with zero attached hydrogens (tertiary/aromatic N) is 1. The summed E-state index contributed by atoms with van der Waals surface area (Å²) in [5.74, 6) is 0.0375. The van der Waals surface area contributed by atoms with Crippen LogP contribution in [0, 0.1) is 5.41 Å². The molecule has 80 valence electrons. The highest BCUT2D eigenvalue weighted by Crippen LogP contribution is 2.09. The molecule has 0 aliphatic rings. The number of hydrogen-bond donors (Lipinski definition) is 2. The Morgan fingerprint density at radius 3 is 2.73 bits per heavy atom. The minimum atomic E-state index is -0.166. The van der Waals surface area contributed by atoms with Crippen LogP contribution in [-0.2, 0) is 0 Å². The predicted molar refractivity (Wildman–Crippen MR) is 57.3 cm³/mol. The van der Waals surface area contributed by atoms with E-state index < -0.39 is 0 Å². The molecule has 0 radical (unpaired) electrons. The fraction of sp³-hybridized carbons (Fsp3) is 0.300. The molecule has 0 aliphatic carbocycles. The van der Waals surface area contributed by atoms with Crippen molar-refractivity contribution in [3.8, 4) is 0 Å². The summed E-state index contributed by atoms with van der Waals surface area (Å²) in [6.45, 7) is 5.04. The summed E-state index contributed by atoms with van der Waals surface area (Å²) in [4.78, 5) is 14.8. The smallest absolute Gasteiger partial charge is 0.300 e. The number of amidine groups is 1. The van der Waals surface area contributed by atoms with E-state index in [1.807, 2.05) is 6.92 Å². The quantitative estimate of drug-likeness (QED) is 0.452. The average Bonchev–Trinajstić information content (AvgIpc) is 2.65. The lowest BCUT2D eigenvalue weighted by Crippen LogP contribution is -2.11. The van der Waals surface area contributed by atoms with Gasteiger partial charge in [0.1, 0.15) is 17.8 Å². The van der Waals surface area contributed by atoms with Crippen LogP contribution in [0.5, 0.6) is 0 Å². The topological polar surface area (TPSA) is 79.0 Å². The number of carbonyl (C=O) groups excluding carboxylic acids is 1. The van der Waals surface area contributed by atoms with Crippen molar-refractivity contribution in [3.05, 3.63) is 23.6 Å². The largest absolute Gasteiger partial charge is 0.431 e. The van der Waals surface area contributed by atoms with Gasteiger partial charge in [0.2, 0.25) is 0 Å². The van der Waals surface area contributed by atoms with Gasteiger partial charge in [0.05, 0.1) is 0 Å². The van der Waals surface area contributed by atoms with Crippen LogP contribution in [0.2, 0.25) is 0 Å². The molecule has 5 heteroatoms. The lowest BCUT2D eigenvalue weighted by Gasteiger charge is -2.02. The fourth-order valence-corrected chi connectivity index (χ4v) is 0.843. The van der Waals surface area contributed by atoms with Gasteiger partial charge in [0.15, 0.2) is 5.78 Å². The maximum Gasteiger partial charge on any atom is 0.300 e. The summed E-state index contributed by atoms with van der Waals surface area (Å²) < 4.78 is 4.98. The summed E-state index contributed by atoms with van der Waals surface area (Å²) in [6, 6.07) is 0.159. The van der Waals surface area contributed by atoms with Crippen LogP contribution in [0.3, 0.4) is 0 Å². The van der Waals surface area contributed by atoms with Crippen molar-refractivity contribution < 1.29 is 9.21 Å². The first-order valence-electron chi connectivity index (χ1n) is 4.50. The number of allylic oxidation sites excluding steroid dienone is 1. The van der Waals surface area contributed by atoms with Crippen molar-refractivity contribution in [1.82, 2.24) is 4.98 Å². The van der Waals surface area contributed by atoms with E-state index in [0.717, 1.165) is 5.57 Å². The number of oxazole rings is 1. The van der Waals surface area contributed by atoms with Crippen molar-refractivity contribution in [2.24, 2.45) is 0 Å². The van der Waals surface area contributed by atoms with Gasteiger partial charge in [-0.05, 0) is 19.4 Å². The monoisotopic (exact) mass is 207 g/mol. The van der Waals surface area contributed by atoms with Crippen molar-refractivity contribution >= 4 is 17.6 Å². The molecule has 0 saturated heterocycles. The number of hydrogen-bond acceptors (Lipinski definition) is 4. The third-order valence-corrected chi connectivity index (χ3v) is 1.92. The number of ketones is 1. The Morgan fingerprint density at radius 2 is 2.27 bits per heavy atom. The Hall–Kier alpha value is -1.91. The second kappa shape index (κ2) is 4.54. The highest BCUT2D eigenvalue weighted by molar-refractivity contribution is 6.04. The Kier molecular flexibility index (Phi) is 3.38. The Balaban J connectivity index is 2.74. The molecule has 0 fully saturated rings. The summed E-state index contributed by atoms with van der Waals surface area (Å²) >= 11 is 0. The molecule has 2 N–H and O–H groups in total. The zero-order valence-electron chi connectivity index (χ0n) is 8.92. The van der Waals surface area contributed by atoms with Gasteiger partial charge in [0, 0.05) is 6.92 Å². The molecular formula is C10H13N3O2. The Morgan fingerprint density at radius 1 is 1.60 bits per heavy atom. The molecule has 15 heavy (non-hydrogen) atoms. The molecule has 1 aromatic heterocycles. The molecule has 0 unspecified atom stereocenters. The summed E-state index contributed by atoms with van der Waals surface area (Å²) in [5.41, 5.74) is 1.03. The van der Waals surface area contributed by atoms with Crippen LogP contribution >= 0.6 is 0 Å². The zero-order chi connectivity index (χ0) is 11.4. The number of aromatic nitrogens is 1. The molecular weight excluding hydrogens is 194 g/mol. The first-order chi connectivity index (χ1) is 7.04. The van der Waals surface area contributed by atoms with Crippen LogP contribution in [0.15, 0.2) is 22.3 Å². The van der Waals surface area contributed by atoms with E-state index in [4.69, 9.17) is 9.83 Å². The number of carbonyl (C=O) groups is 1. The lowest BCUT2D eigenvalue weighted by atomic mass is 10.3. The summed E-state index contributed by atoms with van der Waals surface area (Å²) in [7, 11) is 0. The van der Waals surface area contributed by atoms with Crippen molar-refractivity contribution in [3.63, 3.8) is 0 Å². The molecule has 0 amide bonds. The van der Waals surface area contributed by atoms with Crippen molar-refractivity contribution in [1.29, 1.82) is 5.41 Å². The molecule has 0 spiro atoms. The van der Waals surface area contributed by atoms with Crippen LogP contribution < -0.4 is 5.32 Å². The molecule has 5 nitrogen and oxygen atoms in total. The van der Waals surface area contributed by atoms with Crippen LogP contribution in [0.25, 0.3) is 0 Å². The van der Waals surface area contributed by atoms with E-state index in [2.05, 4.69) is 10.3 Å². The van der Waals surface area contributed by atoms with E-state index in [1.54, 1.807) is 13.0 Å². The van der Waals surface area contributed by atoms with Gasteiger partial charge in [-0.1, -0.05) is 6.08 Å². The maximum atomic E-state index is 10.9. The van der Waals surface area contributed by atoms with Gasteiger partial charge >= 0.3 is 6.01 Å². The molecule has 0 aromatic carbocycles. The second-order valence-electron chi connectivity index (χ2n) is 3.07. The lowest BCUT2D eigenvalue weighted by molar-refractivity contribution is 0.101. The van der Waals surface area contributed by atoms with Gasteiger partial charge < -0.3 is 4.42 Å². The van der Waals surface area contributed by atoms with E-state index in [0.29, 0.717) is 0 Å². The van der Waals surface area contributed by atoms with E-state index in [1.165, 1.54) is 13.2 Å². The van der Waals surface area contributed by atoms with E-state index in [-0.39, 0.29) is 23.3 Å². The molecule has 0 atom stereocenters. The molecule has 0 saturated carbocycles. The second-order valence-corrected chi connectivity index (χ2v) is 3.07. The first kappa shape index (κ1) is 11.2. The number of anilines is 1. The maximum absolute atomic E-state index is 10.9. The van der Waals surface area contributed by atoms with Gasteiger partial charge in [-0.15, -0.1) is 0 Å². The zero-order valence-corrected chi connectivity index (χ0v) is 8.92. The molecule has 1 aromatic rings. The molecule has 1 heterocycles. The third-order valence-electron chi connectivity index (χ3n) is 1.92. The minimum absolute atomic E-state index is 0.159. The van der Waals surface area contributed by atoms with Crippen LogP contribution in [0.1, 0.15) is 31.3 Å². The average molecular weight is 207 g/mol. The highest BCUT2D eigenvalue weighted by Gasteiger charge is 2.09. The van der Waals surface area contributed by atoms with Crippen LogP contribution in [0.4, 0.5) is 6.01 Å². The summed E-state index contributed by atoms with van der Waals surface area (Å²) in [5, 5.41) is 10.2. The Labute approximate surface area is 87.7 Å². The normalized spacial score (nSPS) is 11.3. The third kappa shape index (κ3) is 2.77. The Bertz CT molecular complexity index is 418.